The Bertz CT molecular complexity index is 1170. The van der Waals surface area contributed by atoms with Crippen molar-refractivity contribution in [1.82, 2.24) is 0 Å². The molecular weight excluding hydrogens is 395 g/mol. The Kier molecular flexibility index (Phi) is 4.28. The predicted octanol–water partition coefficient (Wildman–Crippen LogP) is 3.81. The van der Waals surface area contributed by atoms with Gasteiger partial charge in [-0.3, -0.25) is 0 Å². The Morgan fingerprint density at radius 3 is 1.79 bits per heavy atom. The van der Waals surface area contributed by atoms with E-state index < -0.39 is 27.5 Å². The number of primary sulfonamides is 1. The Morgan fingerprint density at radius 1 is 0.786 bits per heavy atom. The summed E-state index contributed by atoms with van der Waals surface area (Å²) in [6.07, 6.45) is 0. The third-order valence-electron chi connectivity index (χ3n) is 4.30. The summed E-state index contributed by atoms with van der Waals surface area (Å²) in [6.45, 7) is -0.0191. The minimum Gasteiger partial charge on any atom is -0.454 e. The first kappa shape index (κ1) is 18.3. The maximum Gasteiger partial charge on any atom is 0.238 e. The van der Waals surface area contributed by atoms with E-state index in [0.29, 0.717) is 28.2 Å². The summed E-state index contributed by atoms with van der Waals surface area (Å²) < 4.78 is 74.5. The van der Waals surface area contributed by atoms with Crippen LogP contribution in [0.5, 0.6) is 11.5 Å². The quantitative estimate of drug-likeness (QED) is 0.670. The Hall–Kier alpha value is -3.04. The first-order chi connectivity index (χ1) is 13.2. The molecule has 0 aromatic heterocycles. The van der Waals surface area contributed by atoms with Crippen LogP contribution in [0, 0.1) is 17.5 Å². The number of rotatable bonds is 3. The fourth-order valence-corrected chi connectivity index (χ4v) is 3.47. The second-order valence-corrected chi connectivity index (χ2v) is 7.64. The van der Waals surface area contributed by atoms with Crippen LogP contribution < -0.4 is 14.6 Å². The summed E-state index contributed by atoms with van der Waals surface area (Å²) in [5.74, 6) is -3.45. The van der Waals surface area contributed by atoms with E-state index in [4.69, 9.17) is 14.6 Å². The van der Waals surface area contributed by atoms with E-state index in [1.54, 1.807) is 6.07 Å². The normalized spacial score (nSPS) is 13.0. The number of ether oxygens (including phenoxy) is 2. The van der Waals surface area contributed by atoms with Crippen molar-refractivity contribution in [3.8, 4) is 33.8 Å². The molecule has 0 fully saturated rings. The molecule has 4 rings (SSSR count). The molecule has 0 bridgehead atoms. The topological polar surface area (TPSA) is 78.6 Å². The molecule has 0 unspecified atom stereocenters. The summed E-state index contributed by atoms with van der Waals surface area (Å²) in [6, 6.07) is 10.5. The summed E-state index contributed by atoms with van der Waals surface area (Å²) in [5.41, 5.74) is 1.45. The van der Waals surface area contributed by atoms with Gasteiger partial charge in [-0.2, -0.15) is 0 Å². The van der Waals surface area contributed by atoms with Gasteiger partial charge in [0.25, 0.3) is 0 Å². The fraction of sp³-hybridized carbons (Fsp3) is 0.0526. The SMILES string of the molecule is NS(=O)(=O)c1ccc(-c2cc3c(cc2-c2cc(F)c(F)c(F)c2)OCO3)cc1. The van der Waals surface area contributed by atoms with E-state index in [9.17, 15) is 21.6 Å². The highest BCUT2D eigenvalue weighted by Crippen LogP contribution is 2.43. The van der Waals surface area contributed by atoms with E-state index >= 15 is 0 Å². The lowest BCUT2D eigenvalue weighted by Crippen LogP contribution is -2.11. The lowest BCUT2D eigenvalue weighted by Gasteiger charge is -2.13. The Balaban J connectivity index is 1.92. The highest BCUT2D eigenvalue weighted by atomic mass is 32.2. The van der Waals surface area contributed by atoms with Crippen molar-refractivity contribution >= 4 is 10.0 Å². The molecule has 0 aliphatic carbocycles. The van der Waals surface area contributed by atoms with Crippen LogP contribution in [0.25, 0.3) is 22.3 Å². The van der Waals surface area contributed by atoms with Crippen molar-refractivity contribution in [2.45, 2.75) is 4.90 Å². The summed E-state index contributed by atoms with van der Waals surface area (Å²) in [7, 11) is -3.88. The standard InChI is InChI=1S/C19H12F3NO4S/c20-15-5-11(6-16(21)19(15)22)14-8-18-17(26-9-27-18)7-13(14)10-1-3-12(4-2-10)28(23,24)25/h1-8H,9H2,(H2,23,24,25). The monoisotopic (exact) mass is 407 g/mol. The number of benzene rings is 3. The molecule has 0 saturated heterocycles. The predicted molar refractivity (Wildman–Crippen MR) is 94.7 cm³/mol. The molecule has 1 aliphatic heterocycles. The van der Waals surface area contributed by atoms with Crippen molar-refractivity contribution in [2.24, 2.45) is 5.14 Å². The minimum absolute atomic E-state index is 0.0191. The number of fused-ring (bicyclic) bond motifs is 1. The third kappa shape index (κ3) is 3.19. The molecule has 144 valence electrons. The first-order valence-electron chi connectivity index (χ1n) is 7.96. The van der Waals surface area contributed by atoms with Crippen molar-refractivity contribution in [2.75, 3.05) is 6.79 Å². The van der Waals surface area contributed by atoms with Gasteiger partial charge in [-0.05, 0) is 58.7 Å². The Labute approximate surface area is 158 Å². The molecule has 0 spiro atoms. The van der Waals surface area contributed by atoms with Gasteiger partial charge in [-0.15, -0.1) is 0 Å². The number of nitrogens with two attached hydrogens (primary N) is 1. The molecule has 28 heavy (non-hydrogen) atoms. The molecule has 3 aromatic carbocycles. The summed E-state index contributed by atoms with van der Waals surface area (Å²) >= 11 is 0. The summed E-state index contributed by atoms with van der Waals surface area (Å²) in [5, 5.41) is 5.10. The molecule has 3 aromatic rings. The molecule has 0 saturated carbocycles. The smallest absolute Gasteiger partial charge is 0.238 e. The van der Waals surface area contributed by atoms with Gasteiger partial charge in [0.2, 0.25) is 16.8 Å². The van der Waals surface area contributed by atoms with Crippen LogP contribution >= 0.6 is 0 Å². The van der Waals surface area contributed by atoms with Crippen molar-refractivity contribution in [1.29, 1.82) is 0 Å². The van der Waals surface area contributed by atoms with Crippen LogP contribution in [0.15, 0.2) is 53.4 Å². The van der Waals surface area contributed by atoms with Crippen molar-refractivity contribution < 1.29 is 31.1 Å². The Morgan fingerprint density at radius 2 is 1.29 bits per heavy atom. The van der Waals surface area contributed by atoms with Gasteiger partial charge in [0.1, 0.15) is 0 Å². The maximum absolute atomic E-state index is 13.8. The molecule has 9 heteroatoms. The molecule has 0 radical (unpaired) electrons. The van der Waals surface area contributed by atoms with Gasteiger partial charge in [-0.1, -0.05) is 12.1 Å². The average Bonchev–Trinajstić information content (AvgIpc) is 3.11. The maximum atomic E-state index is 13.8. The second-order valence-electron chi connectivity index (χ2n) is 6.07. The van der Waals surface area contributed by atoms with E-state index in [-0.39, 0.29) is 17.3 Å². The van der Waals surface area contributed by atoms with E-state index in [0.717, 1.165) is 12.1 Å². The van der Waals surface area contributed by atoms with Gasteiger partial charge in [-0.25, -0.2) is 26.7 Å². The summed E-state index contributed by atoms with van der Waals surface area (Å²) in [4.78, 5) is -0.0857. The van der Waals surface area contributed by atoms with E-state index in [1.807, 2.05) is 0 Å². The zero-order valence-corrected chi connectivity index (χ0v) is 14.9. The lowest BCUT2D eigenvalue weighted by atomic mass is 9.93. The fourth-order valence-electron chi connectivity index (χ4n) is 2.95. The number of hydrogen-bond acceptors (Lipinski definition) is 4. The number of hydrogen-bond donors (Lipinski definition) is 1. The van der Waals surface area contributed by atoms with Crippen LogP contribution in [0.1, 0.15) is 0 Å². The van der Waals surface area contributed by atoms with Crippen LogP contribution in [-0.2, 0) is 10.0 Å². The zero-order chi connectivity index (χ0) is 20.1. The minimum atomic E-state index is -3.88. The molecule has 2 N–H and O–H groups in total. The largest absolute Gasteiger partial charge is 0.454 e. The van der Waals surface area contributed by atoms with Gasteiger partial charge < -0.3 is 9.47 Å². The van der Waals surface area contributed by atoms with Crippen molar-refractivity contribution in [3.05, 3.63) is 66.0 Å². The molecule has 1 heterocycles. The first-order valence-corrected chi connectivity index (χ1v) is 9.50. The van der Waals surface area contributed by atoms with Gasteiger partial charge >= 0.3 is 0 Å². The van der Waals surface area contributed by atoms with Crippen LogP contribution in [0.2, 0.25) is 0 Å². The van der Waals surface area contributed by atoms with Crippen LogP contribution in [0.4, 0.5) is 13.2 Å². The number of halogens is 3. The highest BCUT2D eigenvalue weighted by Gasteiger charge is 2.21. The van der Waals surface area contributed by atoms with Gasteiger partial charge in [0.05, 0.1) is 4.90 Å². The third-order valence-corrected chi connectivity index (χ3v) is 5.23. The van der Waals surface area contributed by atoms with Crippen LogP contribution in [-0.4, -0.2) is 15.2 Å². The number of sulfonamides is 1. The lowest BCUT2D eigenvalue weighted by molar-refractivity contribution is 0.174. The molecule has 5 nitrogen and oxygen atoms in total. The highest BCUT2D eigenvalue weighted by molar-refractivity contribution is 7.89. The molecule has 0 amide bonds. The average molecular weight is 407 g/mol. The molecular formula is C19H12F3NO4S. The van der Waals surface area contributed by atoms with Gasteiger partial charge in [0.15, 0.2) is 29.0 Å². The van der Waals surface area contributed by atoms with E-state index in [2.05, 4.69) is 0 Å². The van der Waals surface area contributed by atoms with E-state index in [1.165, 1.54) is 30.3 Å². The van der Waals surface area contributed by atoms with Crippen molar-refractivity contribution in [3.63, 3.8) is 0 Å². The zero-order valence-electron chi connectivity index (χ0n) is 14.1. The van der Waals surface area contributed by atoms with Gasteiger partial charge in [0, 0.05) is 0 Å². The molecule has 0 atom stereocenters. The second kappa shape index (κ2) is 6.54. The van der Waals surface area contributed by atoms with Crippen LogP contribution in [0.3, 0.4) is 0 Å². The molecule has 1 aliphatic rings.